The van der Waals surface area contributed by atoms with Crippen LogP contribution in [0.3, 0.4) is 0 Å². The second-order valence-corrected chi connectivity index (χ2v) is 6.23. The van der Waals surface area contributed by atoms with Crippen molar-refractivity contribution in [1.29, 1.82) is 0 Å². The molecule has 114 valence electrons. The first-order valence-corrected chi connectivity index (χ1v) is 8.25. The highest BCUT2D eigenvalue weighted by molar-refractivity contribution is 5.92. The van der Waals surface area contributed by atoms with Crippen LogP contribution in [0.5, 0.6) is 11.5 Å². The zero-order valence-electron chi connectivity index (χ0n) is 13.2. The first-order valence-electron chi connectivity index (χ1n) is 8.25. The molecular formula is C23H16O. The van der Waals surface area contributed by atoms with Gasteiger partial charge in [-0.3, -0.25) is 0 Å². The number of rotatable bonds is 1. The topological polar surface area (TPSA) is 9.23 Å². The Morgan fingerprint density at radius 3 is 2.33 bits per heavy atom. The Bertz CT molecular complexity index is 1050. The van der Waals surface area contributed by atoms with E-state index >= 15 is 0 Å². The van der Waals surface area contributed by atoms with E-state index in [1.807, 2.05) is 12.1 Å². The molecule has 1 heterocycles. The molecule has 0 saturated heterocycles. The van der Waals surface area contributed by atoms with Gasteiger partial charge in [-0.25, -0.2) is 0 Å². The first kappa shape index (κ1) is 13.4. The maximum Gasteiger partial charge on any atom is 0.131 e. The van der Waals surface area contributed by atoms with Gasteiger partial charge in [-0.2, -0.15) is 0 Å². The monoisotopic (exact) mass is 308 g/mol. The highest BCUT2D eigenvalue weighted by atomic mass is 16.5. The van der Waals surface area contributed by atoms with Gasteiger partial charge in [0.1, 0.15) is 11.5 Å². The number of hydrogen-bond donors (Lipinski definition) is 0. The lowest BCUT2D eigenvalue weighted by Gasteiger charge is -2.22. The normalized spacial score (nSPS) is 12.3. The number of fused-ring (bicyclic) bond motifs is 4. The van der Waals surface area contributed by atoms with E-state index in [2.05, 4.69) is 72.8 Å². The van der Waals surface area contributed by atoms with Crippen LogP contribution in [-0.2, 0) is 6.42 Å². The molecule has 1 aliphatic rings. The van der Waals surface area contributed by atoms with E-state index in [1.54, 1.807) is 0 Å². The van der Waals surface area contributed by atoms with Crippen molar-refractivity contribution in [2.75, 3.05) is 0 Å². The van der Waals surface area contributed by atoms with Gasteiger partial charge in [0.15, 0.2) is 0 Å². The average Bonchev–Trinajstić information content (AvgIpc) is 2.66. The summed E-state index contributed by atoms with van der Waals surface area (Å²) in [5, 5.41) is 2.54. The average molecular weight is 308 g/mol. The zero-order chi connectivity index (χ0) is 15.9. The van der Waals surface area contributed by atoms with E-state index in [1.165, 1.54) is 33.0 Å². The Morgan fingerprint density at radius 1 is 0.625 bits per heavy atom. The number of para-hydroxylation sites is 1. The van der Waals surface area contributed by atoms with Crippen LogP contribution in [0.1, 0.15) is 11.1 Å². The lowest BCUT2D eigenvalue weighted by Crippen LogP contribution is -2.03. The maximum absolute atomic E-state index is 6.13. The molecule has 0 N–H and O–H groups in total. The number of hydrogen-bond acceptors (Lipinski definition) is 1. The Hall–Kier alpha value is -3.06. The molecule has 4 aromatic rings. The molecule has 1 heteroatoms. The van der Waals surface area contributed by atoms with Crippen molar-refractivity contribution in [2.24, 2.45) is 0 Å². The van der Waals surface area contributed by atoms with Gasteiger partial charge in [-0.1, -0.05) is 66.7 Å². The van der Waals surface area contributed by atoms with Crippen LogP contribution in [0.4, 0.5) is 0 Å². The lowest BCUT2D eigenvalue weighted by atomic mass is 9.93. The molecule has 0 atom stereocenters. The van der Waals surface area contributed by atoms with Crippen molar-refractivity contribution in [2.45, 2.75) is 6.42 Å². The molecule has 0 aliphatic carbocycles. The van der Waals surface area contributed by atoms with Gasteiger partial charge in [0.05, 0.1) is 0 Å². The SMILES string of the molecule is c1ccc(-c2ccc3ccc4c(c3c2)Cc2ccccc2O4)cc1. The van der Waals surface area contributed by atoms with Crippen LogP contribution in [0, 0.1) is 0 Å². The predicted molar refractivity (Wildman–Crippen MR) is 98.7 cm³/mol. The predicted octanol–water partition coefficient (Wildman–Crippen LogP) is 6.20. The zero-order valence-corrected chi connectivity index (χ0v) is 13.2. The number of ether oxygens (including phenoxy) is 1. The second-order valence-electron chi connectivity index (χ2n) is 6.23. The second kappa shape index (κ2) is 5.24. The van der Waals surface area contributed by atoms with Crippen LogP contribution >= 0.6 is 0 Å². The fourth-order valence-electron chi connectivity index (χ4n) is 3.51. The van der Waals surface area contributed by atoms with Gasteiger partial charge in [0.25, 0.3) is 0 Å². The van der Waals surface area contributed by atoms with Gasteiger partial charge in [-0.15, -0.1) is 0 Å². The molecule has 0 bridgehead atoms. The summed E-state index contributed by atoms with van der Waals surface area (Å²) in [5.41, 5.74) is 5.02. The van der Waals surface area contributed by atoms with E-state index in [4.69, 9.17) is 4.74 Å². The smallest absolute Gasteiger partial charge is 0.131 e. The minimum atomic E-state index is 0.918. The Morgan fingerprint density at radius 2 is 1.42 bits per heavy atom. The van der Waals surface area contributed by atoms with Crippen molar-refractivity contribution in [3.05, 3.63) is 96.1 Å². The van der Waals surface area contributed by atoms with E-state index in [-0.39, 0.29) is 0 Å². The summed E-state index contributed by atoms with van der Waals surface area (Å²) >= 11 is 0. The lowest BCUT2D eigenvalue weighted by molar-refractivity contribution is 0.461. The van der Waals surface area contributed by atoms with Crippen molar-refractivity contribution in [3.8, 4) is 22.6 Å². The van der Waals surface area contributed by atoms with Gasteiger partial charge < -0.3 is 4.74 Å². The molecule has 1 aliphatic heterocycles. The van der Waals surface area contributed by atoms with Gasteiger partial charge >= 0.3 is 0 Å². The molecule has 0 saturated carbocycles. The molecule has 0 fully saturated rings. The summed E-state index contributed by atoms with van der Waals surface area (Å²) in [4.78, 5) is 0. The summed E-state index contributed by atoms with van der Waals surface area (Å²) in [7, 11) is 0. The molecule has 24 heavy (non-hydrogen) atoms. The van der Waals surface area contributed by atoms with Crippen LogP contribution in [0.2, 0.25) is 0 Å². The standard InChI is InChI=1S/C23H16O/c1-2-6-16(7-3-1)18-11-10-17-12-13-23-21(20(17)14-18)15-19-8-4-5-9-22(19)24-23/h1-14H,15H2. The molecule has 0 aromatic heterocycles. The van der Waals surface area contributed by atoms with Crippen LogP contribution < -0.4 is 4.74 Å². The Labute approximate surface area is 141 Å². The van der Waals surface area contributed by atoms with E-state index in [0.717, 1.165) is 17.9 Å². The quantitative estimate of drug-likeness (QED) is 0.358. The fraction of sp³-hybridized carbons (Fsp3) is 0.0435. The third-order valence-corrected chi connectivity index (χ3v) is 4.76. The Balaban J connectivity index is 1.71. The van der Waals surface area contributed by atoms with Gasteiger partial charge in [0, 0.05) is 12.0 Å². The number of benzene rings is 4. The van der Waals surface area contributed by atoms with Gasteiger partial charge in [-0.05, 0) is 45.7 Å². The Kier molecular flexibility index (Phi) is 2.92. The first-order chi connectivity index (χ1) is 11.9. The van der Waals surface area contributed by atoms with E-state index in [0.29, 0.717) is 0 Å². The summed E-state index contributed by atoms with van der Waals surface area (Å²) in [6.07, 6.45) is 0.918. The molecule has 4 aromatic carbocycles. The largest absolute Gasteiger partial charge is 0.457 e. The third-order valence-electron chi connectivity index (χ3n) is 4.76. The van der Waals surface area contributed by atoms with Crippen molar-refractivity contribution in [1.82, 2.24) is 0 Å². The third kappa shape index (κ3) is 2.10. The maximum atomic E-state index is 6.13. The minimum absolute atomic E-state index is 0.918. The molecule has 1 nitrogen and oxygen atoms in total. The molecule has 0 amide bonds. The summed E-state index contributed by atoms with van der Waals surface area (Å²) in [5.74, 6) is 1.95. The van der Waals surface area contributed by atoms with Crippen LogP contribution in [0.25, 0.3) is 21.9 Å². The molecule has 0 radical (unpaired) electrons. The molecule has 0 unspecified atom stereocenters. The highest BCUT2D eigenvalue weighted by Crippen LogP contribution is 2.40. The fourth-order valence-corrected chi connectivity index (χ4v) is 3.51. The van der Waals surface area contributed by atoms with Crippen LogP contribution in [0.15, 0.2) is 84.9 Å². The molecule has 5 rings (SSSR count). The van der Waals surface area contributed by atoms with E-state index < -0.39 is 0 Å². The van der Waals surface area contributed by atoms with Crippen molar-refractivity contribution >= 4 is 10.8 Å². The van der Waals surface area contributed by atoms with Crippen molar-refractivity contribution < 1.29 is 4.74 Å². The summed E-state index contributed by atoms with van der Waals surface area (Å²) < 4.78 is 6.13. The molecule has 0 spiro atoms. The van der Waals surface area contributed by atoms with Crippen LogP contribution in [-0.4, -0.2) is 0 Å². The molecular weight excluding hydrogens is 292 g/mol. The highest BCUT2D eigenvalue weighted by Gasteiger charge is 2.18. The van der Waals surface area contributed by atoms with Crippen molar-refractivity contribution in [3.63, 3.8) is 0 Å². The van der Waals surface area contributed by atoms with E-state index in [9.17, 15) is 0 Å². The summed E-state index contributed by atoms with van der Waals surface area (Å²) in [6, 6.07) is 29.8. The summed E-state index contributed by atoms with van der Waals surface area (Å²) in [6.45, 7) is 0. The van der Waals surface area contributed by atoms with Gasteiger partial charge in [0.2, 0.25) is 0 Å². The minimum Gasteiger partial charge on any atom is -0.457 e.